The molecule has 1 aliphatic heterocycles. The molecule has 2 amide bonds. The van der Waals surface area contributed by atoms with E-state index in [1.807, 2.05) is 18.2 Å². The molecule has 2 aromatic rings. The van der Waals surface area contributed by atoms with E-state index >= 15 is 0 Å². The Kier molecular flexibility index (Phi) is 5.15. The van der Waals surface area contributed by atoms with Gasteiger partial charge in [-0.15, -0.1) is 0 Å². The van der Waals surface area contributed by atoms with Crippen molar-refractivity contribution in [1.82, 2.24) is 5.32 Å². The zero-order valence-corrected chi connectivity index (χ0v) is 14.4. The van der Waals surface area contributed by atoms with Gasteiger partial charge in [0.25, 0.3) is 0 Å². The molecule has 1 heterocycles. The van der Waals surface area contributed by atoms with Crippen LogP contribution in [0.1, 0.15) is 6.42 Å². The number of urea groups is 1. The van der Waals surface area contributed by atoms with Crippen LogP contribution in [0.25, 0.3) is 0 Å². The van der Waals surface area contributed by atoms with Crippen LogP contribution in [0.2, 0.25) is 0 Å². The quantitative estimate of drug-likeness (QED) is 0.897. The molecule has 0 bridgehead atoms. The summed E-state index contributed by atoms with van der Waals surface area (Å²) in [6.45, 7) is 1.73. The van der Waals surface area contributed by atoms with Crippen molar-refractivity contribution in [2.24, 2.45) is 0 Å². The Bertz CT molecular complexity index is 736. The van der Waals surface area contributed by atoms with E-state index in [-0.39, 0.29) is 12.1 Å². The van der Waals surface area contributed by atoms with Crippen molar-refractivity contribution in [3.63, 3.8) is 0 Å². The Morgan fingerprint density at radius 3 is 2.71 bits per heavy atom. The number of para-hydroxylation sites is 1. The van der Waals surface area contributed by atoms with E-state index in [0.29, 0.717) is 10.6 Å². The SMILES string of the molecule is C[S@](=O)c1cccc(NC(=O)N[C@@H]2CCN(c3ccccc3)C2)c1. The normalized spacial score (nSPS) is 18.2. The third kappa shape index (κ3) is 4.14. The molecule has 0 saturated carbocycles. The van der Waals surface area contributed by atoms with Gasteiger partial charge in [-0.05, 0) is 36.8 Å². The van der Waals surface area contributed by atoms with Crippen molar-refractivity contribution >= 4 is 28.2 Å². The van der Waals surface area contributed by atoms with E-state index in [1.54, 1.807) is 30.5 Å². The number of hydrogen-bond acceptors (Lipinski definition) is 3. The van der Waals surface area contributed by atoms with Crippen molar-refractivity contribution < 1.29 is 9.00 Å². The molecule has 0 radical (unpaired) electrons. The first-order valence-electron chi connectivity index (χ1n) is 7.93. The summed E-state index contributed by atoms with van der Waals surface area (Å²) in [5.74, 6) is 0. The highest BCUT2D eigenvalue weighted by atomic mass is 32.2. The van der Waals surface area contributed by atoms with E-state index in [4.69, 9.17) is 0 Å². The Labute approximate surface area is 144 Å². The molecule has 126 valence electrons. The van der Waals surface area contributed by atoms with Gasteiger partial charge in [0.05, 0.1) is 0 Å². The summed E-state index contributed by atoms with van der Waals surface area (Å²) in [7, 11) is -1.06. The lowest BCUT2D eigenvalue weighted by atomic mass is 10.2. The van der Waals surface area contributed by atoms with Gasteiger partial charge in [-0.3, -0.25) is 4.21 Å². The van der Waals surface area contributed by atoms with Crippen molar-refractivity contribution in [2.45, 2.75) is 17.4 Å². The summed E-state index contributed by atoms with van der Waals surface area (Å²) in [5.41, 5.74) is 1.83. The van der Waals surface area contributed by atoms with Gasteiger partial charge in [-0.25, -0.2) is 4.79 Å². The van der Waals surface area contributed by atoms with Gasteiger partial charge in [0.1, 0.15) is 0 Å². The fraction of sp³-hybridized carbons (Fsp3) is 0.278. The van der Waals surface area contributed by atoms with Crippen molar-refractivity contribution in [3.05, 3.63) is 54.6 Å². The van der Waals surface area contributed by atoms with Crippen molar-refractivity contribution in [3.8, 4) is 0 Å². The molecule has 3 rings (SSSR count). The lowest BCUT2D eigenvalue weighted by Gasteiger charge is -2.19. The minimum absolute atomic E-state index is 0.119. The van der Waals surface area contributed by atoms with Crippen LogP contribution in [-0.2, 0) is 10.8 Å². The fourth-order valence-electron chi connectivity index (χ4n) is 2.86. The van der Waals surface area contributed by atoms with Crippen LogP contribution >= 0.6 is 0 Å². The Morgan fingerprint density at radius 2 is 1.96 bits per heavy atom. The van der Waals surface area contributed by atoms with Crippen molar-refractivity contribution in [1.29, 1.82) is 0 Å². The smallest absolute Gasteiger partial charge is 0.319 e. The van der Waals surface area contributed by atoms with E-state index in [1.165, 1.54) is 5.69 Å². The molecule has 0 aromatic heterocycles. The van der Waals surface area contributed by atoms with E-state index in [9.17, 15) is 9.00 Å². The average molecular weight is 343 g/mol. The lowest BCUT2D eigenvalue weighted by Crippen LogP contribution is -2.39. The number of anilines is 2. The van der Waals surface area contributed by atoms with Crippen molar-refractivity contribution in [2.75, 3.05) is 29.6 Å². The van der Waals surface area contributed by atoms with Gasteiger partial charge in [0, 0.05) is 52.5 Å². The van der Waals surface area contributed by atoms with E-state index in [2.05, 4.69) is 27.7 Å². The molecule has 2 atom stereocenters. The Morgan fingerprint density at radius 1 is 1.17 bits per heavy atom. The maximum atomic E-state index is 12.2. The maximum absolute atomic E-state index is 12.2. The van der Waals surface area contributed by atoms with E-state index in [0.717, 1.165) is 19.5 Å². The highest BCUT2D eigenvalue weighted by Crippen LogP contribution is 2.20. The summed E-state index contributed by atoms with van der Waals surface area (Å²) in [4.78, 5) is 15.1. The molecule has 6 heteroatoms. The summed E-state index contributed by atoms with van der Waals surface area (Å²) < 4.78 is 11.5. The molecule has 0 unspecified atom stereocenters. The number of benzene rings is 2. The van der Waals surface area contributed by atoms with Crippen LogP contribution in [-0.4, -0.2) is 35.6 Å². The van der Waals surface area contributed by atoms with Crippen LogP contribution in [0.3, 0.4) is 0 Å². The number of rotatable bonds is 4. The van der Waals surface area contributed by atoms with Gasteiger partial charge < -0.3 is 15.5 Å². The van der Waals surface area contributed by atoms with Crippen LogP contribution in [0.4, 0.5) is 16.2 Å². The molecule has 1 saturated heterocycles. The minimum Gasteiger partial charge on any atom is -0.369 e. The molecule has 2 aromatic carbocycles. The summed E-state index contributed by atoms with van der Waals surface area (Å²) in [5, 5.41) is 5.82. The van der Waals surface area contributed by atoms with Gasteiger partial charge in [0.15, 0.2) is 0 Å². The first kappa shape index (κ1) is 16.5. The molecule has 1 aliphatic rings. The van der Waals surface area contributed by atoms with Crippen LogP contribution in [0, 0.1) is 0 Å². The molecule has 5 nitrogen and oxygen atoms in total. The Hall–Kier alpha value is -2.34. The highest BCUT2D eigenvalue weighted by Gasteiger charge is 2.23. The van der Waals surface area contributed by atoms with Crippen LogP contribution in [0.15, 0.2) is 59.5 Å². The number of carbonyl (C=O) groups excluding carboxylic acids is 1. The predicted molar refractivity (Wildman–Crippen MR) is 98.0 cm³/mol. The van der Waals surface area contributed by atoms with E-state index < -0.39 is 10.8 Å². The lowest BCUT2D eigenvalue weighted by molar-refractivity contribution is 0.249. The minimum atomic E-state index is -1.06. The molecular formula is C18H21N3O2S. The largest absolute Gasteiger partial charge is 0.369 e. The second-order valence-corrected chi connectivity index (χ2v) is 7.23. The number of nitrogens with zero attached hydrogens (tertiary/aromatic N) is 1. The van der Waals surface area contributed by atoms with Gasteiger partial charge in [-0.2, -0.15) is 0 Å². The standard InChI is InChI=1S/C18H21N3O2S/c1-24(23)17-9-5-6-14(12-17)19-18(22)20-15-10-11-21(13-15)16-7-3-2-4-8-16/h2-9,12,15H,10-11,13H2,1H3,(H2,19,20,22)/t15-,24+/m1/s1. The molecule has 2 N–H and O–H groups in total. The van der Waals surface area contributed by atoms with Gasteiger partial charge >= 0.3 is 6.03 Å². The summed E-state index contributed by atoms with van der Waals surface area (Å²) in [6, 6.07) is 17.2. The molecule has 24 heavy (non-hydrogen) atoms. The number of nitrogens with one attached hydrogen (secondary N) is 2. The topological polar surface area (TPSA) is 61.4 Å². The number of carbonyl (C=O) groups is 1. The molecule has 1 fully saturated rings. The third-order valence-electron chi connectivity index (χ3n) is 4.07. The Balaban J connectivity index is 1.54. The molecule has 0 spiro atoms. The maximum Gasteiger partial charge on any atom is 0.319 e. The molecular weight excluding hydrogens is 322 g/mol. The highest BCUT2D eigenvalue weighted by molar-refractivity contribution is 7.84. The van der Waals surface area contributed by atoms with Crippen LogP contribution in [0.5, 0.6) is 0 Å². The van der Waals surface area contributed by atoms with Crippen LogP contribution < -0.4 is 15.5 Å². The number of hydrogen-bond donors (Lipinski definition) is 2. The monoisotopic (exact) mass is 343 g/mol. The molecule has 0 aliphatic carbocycles. The predicted octanol–water partition coefficient (Wildman–Crippen LogP) is 2.82. The zero-order chi connectivity index (χ0) is 16.9. The first-order valence-corrected chi connectivity index (χ1v) is 9.48. The zero-order valence-electron chi connectivity index (χ0n) is 13.6. The number of amides is 2. The average Bonchev–Trinajstić information content (AvgIpc) is 3.04. The second kappa shape index (κ2) is 7.49. The second-order valence-electron chi connectivity index (χ2n) is 5.85. The summed E-state index contributed by atoms with van der Waals surface area (Å²) in [6.07, 6.45) is 2.54. The first-order chi connectivity index (χ1) is 11.6. The summed E-state index contributed by atoms with van der Waals surface area (Å²) >= 11 is 0. The van der Waals surface area contributed by atoms with Gasteiger partial charge in [0.2, 0.25) is 0 Å². The van der Waals surface area contributed by atoms with Gasteiger partial charge in [-0.1, -0.05) is 24.3 Å². The fourth-order valence-corrected chi connectivity index (χ4v) is 3.42. The third-order valence-corrected chi connectivity index (χ3v) is 4.99.